The van der Waals surface area contributed by atoms with Gasteiger partial charge in [-0.25, -0.2) is 4.98 Å². The molecule has 1 fully saturated rings. The fraction of sp³-hybridized carbons (Fsp3) is 0.364. The summed E-state index contributed by atoms with van der Waals surface area (Å²) in [5.74, 6) is 0.657. The van der Waals surface area contributed by atoms with Crippen molar-refractivity contribution in [1.82, 2.24) is 14.9 Å². The van der Waals surface area contributed by atoms with Gasteiger partial charge in [0.15, 0.2) is 0 Å². The fourth-order valence-electron chi connectivity index (χ4n) is 3.95. The molecule has 0 unspecified atom stereocenters. The molecule has 0 radical (unpaired) electrons. The van der Waals surface area contributed by atoms with Crippen LogP contribution in [0.25, 0.3) is 11.0 Å². The predicted molar refractivity (Wildman–Crippen MR) is 105 cm³/mol. The van der Waals surface area contributed by atoms with Crippen molar-refractivity contribution in [3.8, 4) is 0 Å². The van der Waals surface area contributed by atoms with Crippen molar-refractivity contribution in [2.75, 3.05) is 0 Å². The summed E-state index contributed by atoms with van der Waals surface area (Å²) in [5.41, 5.74) is 1.83. The van der Waals surface area contributed by atoms with Gasteiger partial charge in [0.1, 0.15) is 5.82 Å². The Morgan fingerprint density at radius 1 is 1.04 bits per heavy atom. The molecule has 1 amide bonds. The van der Waals surface area contributed by atoms with Crippen LogP contribution in [-0.2, 0) is 13.1 Å². The number of aliphatic hydroxyl groups is 1. The van der Waals surface area contributed by atoms with Crippen LogP contribution in [0.5, 0.6) is 0 Å². The molecular weight excluding hydrogens is 338 g/mol. The normalized spacial score (nSPS) is 16.3. The zero-order valence-electron chi connectivity index (χ0n) is 15.4. The van der Waals surface area contributed by atoms with Gasteiger partial charge in [-0.2, -0.15) is 0 Å². The number of para-hydroxylation sites is 2. The molecule has 3 aromatic rings. The second kappa shape index (κ2) is 7.53. The number of fused-ring (bicyclic) bond motifs is 1. The number of hydrogen-bond donors (Lipinski definition) is 2. The second-order valence-corrected chi connectivity index (χ2v) is 7.44. The highest BCUT2D eigenvalue weighted by molar-refractivity contribution is 5.94. The predicted octanol–water partition coefficient (Wildman–Crippen LogP) is 3.66. The van der Waals surface area contributed by atoms with Crippen LogP contribution in [0.3, 0.4) is 0 Å². The molecule has 5 heteroatoms. The number of carbonyl (C=O) groups excluding carboxylic acids is 1. The van der Waals surface area contributed by atoms with Gasteiger partial charge in [-0.3, -0.25) is 4.79 Å². The number of carbonyl (C=O) groups is 1. The second-order valence-electron chi connectivity index (χ2n) is 7.44. The molecule has 0 aliphatic heterocycles. The van der Waals surface area contributed by atoms with Gasteiger partial charge >= 0.3 is 0 Å². The van der Waals surface area contributed by atoms with E-state index in [9.17, 15) is 9.90 Å². The van der Waals surface area contributed by atoms with Crippen molar-refractivity contribution in [3.05, 3.63) is 66.0 Å². The van der Waals surface area contributed by atoms with E-state index in [4.69, 9.17) is 4.98 Å². The number of amides is 1. The van der Waals surface area contributed by atoms with Crippen LogP contribution < -0.4 is 5.32 Å². The Balaban J connectivity index is 1.59. The summed E-state index contributed by atoms with van der Waals surface area (Å²) >= 11 is 0. The lowest BCUT2D eigenvalue weighted by molar-refractivity contribution is -0.0112. The fourth-order valence-corrected chi connectivity index (χ4v) is 3.95. The van der Waals surface area contributed by atoms with Crippen molar-refractivity contribution < 1.29 is 9.90 Å². The molecule has 4 rings (SSSR count). The summed E-state index contributed by atoms with van der Waals surface area (Å²) in [6.07, 6.45) is 4.93. The van der Waals surface area contributed by atoms with E-state index in [0.717, 1.165) is 42.5 Å². The van der Waals surface area contributed by atoms with Crippen LogP contribution in [0.15, 0.2) is 54.6 Å². The number of nitrogens with one attached hydrogen (secondary N) is 1. The summed E-state index contributed by atoms with van der Waals surface area (Å²) in [4.78, 5) is 17.1. The molecule has 5 nitrogen and oxygen atoms in total. The van der Waals surface area contributed by atoms with Gasteiger partial charge in [0.25, 0.3) is 5.91 Å². The molecule has 1 heterocycles. The van der Waals surface area contributed by atoms with E-state index in [1.807, 2.05) is 42.5 Å². The lowest BCUT2D eigenvalue weighted by Crippen LogP contribution is -2.37. The third kappa shape index (κ3) is 3.88. The number of nitrogens with zero attached hydrogens (tertiary/aromatic N) is 2. The first-order valence-electron chi connectivity index (χ1n) is 9.64. The van der Waals surface area contributed by atoms with Gasteiger partial charge in [-0.1, -0.05) is 49.6 Å². The molecule has 1 saturated carbocycles. The van der Waals surface area contributed by atoms with Crippen molar-refractivity contribution in [2.45, 2.75) is 50.8 Å². The van der Waals surface area contributed by atoms with E-state index in [-0.39, 0.29) is 5.91 Å². The Bertz CT molecular complexity index is 927. The Morgan fingerprint density at radius 2 is 1.74 bits per heavy atom. The van der Waals surface area contributed by atoms with Gasteiger partial charge in [0, 0.05) is 5.56 Å². The topological polar surface area (TPSA) is 67.2 Å². The first kappa shape index (κ1) is 17.7. The molecule has 2 N–H and O–H groups in total. The molecular formula is C22H25N3O2. The third-order valence-electron chi connectivity index (χ3n) is 5.41. The van der Waals surface area contributed by atoms with Gasteiger partial charge in [0.2, 0.25) is 0 Å². The molecule has 2 aromatic carbocycles. The Morgan fingerprint density at radius 3 is 2.52 bits per heavy atom. The molecule has 0 saturated heterocycles. The first-order valence-corrected chi connectivity index (χ1v) is 9.64. The lowest BCUT2D eigenvalue weighted by Gasteiger charge is -2.33. The van der Waals surface area contributed by atoms with Gasteiger partial charge in [-0.15, -0.1) is 0 Å². The maximum absolute atomic E-state index is 12.4. The SMILES string of the molecule is O=C(NCc1nc2ccccc2n1CC1(O)CCCCC1)c1ccccc1. The molecule has 0 spiro atoms. The lowest BCUT2D eigenvalue weighted by atomic mass is 9.85. The van der Waals surface area contributed by atoms with E-state index in [1.165, 1.54) is 6.42 Å². The number of hydrogen-bond acceptors (Lipinski definition) is 3. The maximum Gasteiger partial charge on any atom is 0.251 e. The highest BCUT2D eigenvalue weighted by Crippen LogP contribution is 2.31. The number of rotatable bonds is 5. The summed E-state index contributed by atoms with van der Waals surface area (Å²) in [6.45, 7) is 0.850. The minimum Gasteiger partial charge on any atom is -0.388 e. The summed E-state index contributed by atoms with van der Waals surface area (Å²) in [6, 6.07) is 17.1. The molecule has 1 aliphatic carbocycles. The Labute approximate surface area is 159 Å². The zero-order valence-corrected chi connectivity index (χ0v) is 15.4. The van der Waals surface area contributed by atoms with Gasteiger partial charge in [-0.05, 0) is 37.1 Å². The Hall–Kier alpha value is -2.66. The molecule has 1 aliphatic rings. The van der Waals surface area contributed by atoms with E-state index in [0.29, 0.717) is 18.7 Å². The minimum absolute atomic E-state index is 0.120. The smallest absolute Gasteiger partial charge is 0.251 e. The number of aromatic nitrogens is 2. The van der Waals surface area contributed by atoms with Crippen molar-refractivity contribution in [3.63, 3.8) is 0 Å². The van der Waals surface area contributed by atoms with Crippen LogP contribution in [0, 0.1) is 0 Å². The van der Waals surface area contributed by atoms with Crippen LogP contribution in [0.4, 0.5) is 0 Å². The average molecular weight is 363 g/mol. The van der Waals surface area contributed by atoms with E-state index in [2.05, 4.69) is 9.88 Å². The van der Waals surface area contributed by atoms with Crippen LogP contribution >= 0.6 is 0 Å². The highest BCUT2D eigenvalue weighted by atomic mass is 16.3. The molecule has 140 valence electrons. The molecule has 0 bridgehead atoms. The van der Waals surface area contributed by atoms with E-state index in [1.54, 1.807) is 12.1 Å². The molecule has 1 aromatic heterocycles. The standard InChI is InChI=1S/C22H25N3O2/c26-21(17-9-3-1-4-10-17)23-15-20-24-18-11-5-6-12-19(18)25(20)16-22(27)13-7-2-8-14-22/h1,3-6,9-12,27H,2,7-8,13-16H2,(H,23,26). The molecule has 27 heavy (non-hydrogen) atoms. The highest BCUT2D eigenvalue weighted by Gasteiger charge is 2.31. The van der Waals surface area contributed by atoms with E-state index < -0.39 is 5.60 Å². The van der Waals surface area contributed by atoms with Gasteiger partial charge < -0.3 is 15.0 Å². The zero-order chi connectivity index (χ0) is 18.7. The van der Waals surface area contributed by atoms with Crippen LogP contribution in [-0.4, -0.2) is 26.2 Å². The Kier molecular flexibility index (Phi) is 4.94. The first-order chi connectivity index (χ1) is 13.1. The van der Waals surface area contributed by atoms with Crippen molar-refractivity contribution in [2.24, 2.45) is 0 Å². The van der Waals surface area contributed by atoms with E-state index >= 15 is 0 Å². The number of imidazole rings is 1. The van der Waals surface area contributed by atoms with Crippen molar-refractivity contribution >= 4 is 16.9 Å². The quantitative estimate of drug-likeness (QED) is 0.727. The summed E-state index contributed by atoms with van der Waals surface area (Å²) in [7, 11) is 0. The van der Waals surface area contributed by atoms with Gasteiger partial charge in [0.05, 0.1) is 29.7 Å². The monoisotopic (exact) mass is 363 g/mol. The van der Waals surface area contributed by atoms with Crippen LogP contribution in [0.1, 0.15) is 48.3 Å². The molecule has 0 atom stereocenters. The minimum atomic E-state index is -0.695. The average Bonchev–Trinajstić information content (AvgIpc) is 3.04. The third-order valence-corrected chi connectivity index (χ3v) is 5.41. The maximum atomic E-state index is 12.4. The largest absolute Gasteiger partial charge is 0.388 e. The summed E-state index contributed by atoms with van der Waals surface area (Å²) < 4.78 is 2.08. The summed E-state index contributed by atoms with van der Waals surface area (Å²) in [5, 5.41) is 14.0. The number of benzene rings is 2. The van der Waals surface area contributed by atoms with Crippen LogP contribution in [0.2, 0.25) is 0 Å². The van der Waals surface area contributed by atoms with Crippen molar-refractivity contribution in [1.29, 1.82) is 0 Å².